The second-order valence-electron chi connectivity index (χ2n) is 6.34. The molecule has 5 heteroatoms. The van der Waals surface area contributed by atoms with Crippen molar-refractivity contribution < 1.29 is 14.3 Å². The summed E-state index contributed by atoms with van der Waals surface area (Å²) in [6.07, 6.45) is 2.83. The van der Waals surface area contributed by atoms with E-state index in [9.17, 15) is 9.59 Å². The van der Waals surface area contributed by atoms with E-state index < -0.39 is 12.1 Å². The molecule has 2 aromatic rings. The van der Waals surface area contributed by atoms with Gasteiger partial charge in [-0.1, -0.05) is 44.2 Å². The second kappa shape index (κ2) is 11.1. The molecule has 1 heterocycles. The molecular weight excluding hydrogens is 316 g/mol. The Labute approximate surface area is 150 Å². The minimum absolute atomic E-state index is 0.208. The van der Waals surface area contributed by atoms with E-state index in [0.717, 1.165) is 11.8 Å². The summed E-state index contributed by atoms with van der Waals surface area (Å²) in [4.78, 5) is 22.3. The van der Waals surface area contributed by atoms with Gasteiger partial charge in [0.2, 0.25) is 0 Å². The number of benzene rings is 1. The average molecular weight is 344 g/mol. The summed E-state index contributed by atoms with van der Waals surface area (Å²) >= 11 is 0. The zero-order valence-electron chi connectivity index (χ0n) is 15.4. The van der Waals surface area contributed by atoms with Crippen molar-refractivity contribution in [3.63, 3.8) is 0 Å². The molecule has 0 spiro atoms. The van der Waals surface area contributed by atoms with E-state index in [1.807, 2.05) is 63.5 Å². The van der Waals surface area contributed by atoms with Gasteiger partial charge in [0.1, 0.15) is 12.9 Å². The summed E-state index contributed by atoms with van der Waals surface area (Å²) in [6, 6.07) is 13.0. The number of carbonyl (C=O) groups excluding carboxylic acids is 2. The predicted octanol–water partition coefficient (Wildman–Crippen LogP) is 3.86. The molecule has 0 aliphatic carbocycles. The molecule has 0 fully saturated rings. The Balaban J connectivity index is 0.000000370. The van der Waals surface area contributed by atoms with Gasteiger partial charge in [-0.05, 0) is 37.0 Å². The van der Waals surface area contributed by atoms with Crippen LogP contribution in [0.25, 0.3) is 0 Å². The van der Waals surface area contributed by atoms with Gasteiger partial charge >= 0.3 is 6.09 Å². The molecule has 0 aliphatic rings. The molecule has 1 aromatic carbocycles. The first-order valence-corrected chi connectivity index (χ1v) is 8.42. The predicted molar refractivity (Wildman–Crippen MR) is 99.2 cm³/mol. The molecule has 1 aromatic heterocycles. The van der Waals surface area contributed by atoms with Crippen molar-refractivity contribution in [2.45, 2.75) is 39.8 Å². The van der Waals surface area contributed by atoms with Crippen molar-refractivity contribution in [3.05, 3.63) is 59.9 Å². The van der Waals surface area contributed by atoms with E-state index in [4.69, 9.17) is 4.74 Å². The molecule has 0 saturated heterocycles. The molecule has 1 unspecified atom stereocenters. The molecule has 2 rings (SSSR count). The number of hydrogen-bond donors (Lipinski definition) is 1. The molecule has 136 valence electrons. The quantitative estimate of drug-likeness (QED) is 0.810. The van der Waals surface area contributed by atoms with E-state index in [0.29, 0.717) is 12.3 Å². The van der Waals surface area contributed by atoms with Crippen LogP contribution in [0.1, 0.15) is 31.5 Å². The molecule has 0 radical (unpaired) electrons. The van der Waals surface area contributed by atoms with Gasteiger partial charge in [0.05, 0.1) is 6.04 Å². The van der Waals surface area contributed by atoms with Crippen molar-refractivity contribution in [3.8, 4) is 0 Å². The van der Waals surface area contributed by atoms with Crippen LogP contribution in [-0.4, -0.2) is 23.0 Å². The average Bonchev–Trinajstić information content (AvgIpc) is 2.96. The Hall–Kier alpha value is -2.56. The van der Waals surface area contributed by atoms with Crippen molar-refractivity contribution in [1.82, 2.24) is 9.88 Å². The lowest BCUT2D eigenvalue weighted by molar-refractivity contribution is -0.109. The fourth-order valence-corrected chi connectivity index (χ4v) is 2.12. The second-order valence-corrected chi connectivity index (χ2v) is 6.34. The topological polar surface area (TPSA) is 60.3 Å². The van der Waals surface area contributed by atoms with Gasteiger partial charge in [-0.15, -0.1) is 0 Å². The zero-order chi connectivity index (χ0) is 18.7. The number of aryl methyl sites for hydroxylation is 2. The zero-order valence-corrected chi connectivity index (χ0v) is 15.4. The van der Waals surface area contributed by atoms with Gasteiger partial charge in [-0.2, -0.15) is 0 Å². The minimum atomic E-state index is -0.559. The molecule has 1 N–H and O–H groups in total. The van der Waals surface area contributed by atoms with E-state index in [-0.39, 0.29) is 6.61 Å². The molecule has 1 amide bonds. The summed E-state index contributed by atoms with van der Waals surface area (Å²) in [5, 5.41) is 2.54. The third-order valence-corrected chi connectivity index (χ3v) is 3.61. The lowest BCUT2D eigenvalue weighted by Crippen LogP contribution is -2.37. The largest absolute Gasteiger partial charge is 0.445 e. The summed E-state index contributed by atoms with van der Waals surface area (Å²) in [6.45, 7) is 6.28. The van der Waals surface area contributed by atoms with Crippen LogP contribution >= 0.6 is 0 Å². The standard InChI is InChI=1S/C14H19NO3.C6H9N/c1-11(2)8-13(9-16)15-14(17)18-10-12-6-4-3-5-7-12;1-6-4-3-5-7(6)2/h3-7,9,11,13H,8,10H2,1-2H3,(H,15,17);3-5H,1-2H3. The van der Waals surface area contributed by atoms with Gasteiger partial charge in [-0.25, -0.2) is 4.79 Å². The lowest BCUT2D eigenvalue weighted by atomic mass is 10.1. The molecule has 25 heavy (non-hydrogen) atoms. The fraction of sp³-hybridized carbons (Fsp3) is 0.400. The van der Waals surface area contributed by atoms with Crippen molar-refractivity contribution in [2.24, 2.45) is 13.0 Å². The number of ether oxygens (including phenoxy) is 1. The smallest absolute Gasteiger partial charge is 0.408 e. The Bertz CT molecular complexity index is 619. The lowest BCUT2D eigenvalue weighted by Gasteiger charge is -2.14. The van der Waals surface area contributed by atoms with Gasteiger partial charge in [0.15, 0.2) is 0 Å². The number of aromatic nitrogens is 1. The number of aldehydes is 1. The van der Waals surface area contributed by atoms with E-state index in [1.165, 1.54) is 5.69 Å². The summed E-state index contributed by atoms with van der Waals surface area (Å²) in [7, 11) is 2.04. The minimum Gasteiger partial charge on any atom is -0.445 e. The van der Waals surface area contributed by atoms with Gasteiger partial charge in [-0.3, -0.25) is 0 Å². The maximum absolute atomic E-state index is 11.5. The molecule has 0 saturated carbocycles. The Morgan fingerprint density at radius 1 is 1.20 bits per heavy atom. The number of nitrogens with zero attached hydrogens (tertiary/aromatic N) is 1. The Kier molecular flexibility index (Phi) is 9.07. The normalized spacial score (nSPS) is 11.2. The van der Waals surface area contributed by atoms with Crippen LogP contribution in [0.5, 0.6) is 0 Å². The highest BCUT2D eigenvalue weighted by Crippen LogP contribution is 2.04. The van der Waals surface area contributed by atoms with Crippen LogP contribution in [0.15, 0.2) is 48.7 Å². The number of carbonyl (C=O) groups is 2. The highest BCUT2D eigenvalue weighted by molar-refractivity contribution is 5.73. The Morgan fingerprint density at radius 3 is 2.32 bits per heavy atom. The Morgan fingerprint density at radius 2 is 1.88 bits per heavy atom. The van der Waals surface area contributed by atoms with Gasteiger partial charge in [0.25, 0.3) is 0 Å². The third kappa shape index (κ3) is 8.74. The molecule has 0 bridgehead atoms. The summed E-state index contributed by atoms with van der Waals surface area (Å²) < 4.78 is 7.12. The van der Waals surface area contributed by atoms with Crippen molar-refractivity contribution in [2.75, 3.05) is 0 Å². The number of nitrogens with one attached hydrogen (secondary N) is 1. The van der Waals surface area contributed by atoms with Crippen LogP contribution in [0, 0.1) is 12.8 Å². The van der Waals surface area contributed by atoms with Crippen LogP contribution in [0.4, 0.5) is 4.79 Å². The van der Waals surface area contributed by atoms with Crippen molar-refractivity contribution >= 4 is 12.4 Å². The fourth-order valence-electron chi connectivity index (χ4n) is 2.12. The molecular formula is C20H28N2O3. The van der Waals surface area contributed by atoms with E-state index in [2.05, 4.69) is 22.9 Å². The first-order chi connectivity index (χ1) is 11.9. The number of hydrogen-bond acceptors (Lipinski definition) is 3. The highest BCUT2D eigenvalue weighted by Gasteiger charge is 2.13. The van der Waals surface area contributed by atoms with Crippen molar-refractivity contribution in [1.29, 1.82) is 0 Å². The van der Waals surface area contributed by atoms with Crippen LogP contribution < -0.4 is 5.32 Å². The van der Waals surface area contributed by atoms with Crippen LogP contribution in [0.3, 0.4) is 0 Å². The molecule has 1 atom stereocenters. The maximum atomic E-state index is 11.5. The van der Waals surface area contributed by atoms with E-state index >= 15 is 0 Å². The van der Waals surface area contributed by atoms with Crippen LogP contribution in [-0.2, 0) is 23.2 Å². The number of alkyl carbamates (subject to hydrolysis) is 1. The van der Waals surface area contributed by atoms with Gasteiger partial charge < -0.3 is 19.4 Å². The van der Waals surface area contributed by atoms with Gasteiger partial charge in [0, 0.05) is 18.9 Å². The number of rotatable bonds is 6. The van der Waals surface area contributed by atoms with E-state index in [1.54, 1.807) is 0 Å². The highest BCUT2D eigenvalue weighted by atomic mass is 16.5. The molecule has 5 nitrogen and oxygen atoms in total. The molecule has 0 aliphatic heterocycles. The SMILES string of the molecule is CC(C)CC(C=O)NC(=O)OCc1ccccc1.Cc1cccn1C. The summed E-state index contributed by atoms with van der Waals surface area (Å²) in [5.41, 5.74) is 2.22. The monoisotopic (exact) mass is 344 g/mol. The first-order valence-electron chi connectivity index (χ1n) is 8.42. The third-order valence-electron chi connectivity index (χ3n) is 3.61. The van der Waals surface area contributed by atoms with Crippen LogP contribution in [0.2, 0.25) is 0 Å². The summed E-state index contributed by atoms with van der Waals surface area (Å²) in [5.74, 6) is 0.342. The number of amides is 1. The first kappa shape index (κ1) is 20.5. The maximum Gasteiger partial charge on any atom is 0.408 e.